The van der Waals surface area contributed by atoms with Crippen LogP contribution in [-0.2, 0) is 4.79 Å². The standard InChI is InChI=1S/C7H5F7O2/c8-3-6(11,12)7(13,14)5(9,10)2-1-4(15)16/h1-2H,3H2,(H,15,16). The molecule has 2 nitrogen and oxygen atoms in total. The molecular weight excluding hydrogens is 249 g/mol. The molecule has 94 valence electrons. The third-order valence-corrected chi connectivity index (χ3v) is 1.48. The molecule has 16 heavy (non-hydrogen) atoms. The summed E-state index contributed by atoms with van der Waals surface area (Å²) in [5.41, 5.74) is 0. The van der Waals surface area contributed by atoms with E-state index in [-0.39, 0.29) is 0 Å². The molecule has 0 fully saturated rings. The largest absolute Gasteiger partial charge is 0.478 e. The van der Waals surface area contributed by atoms with Crippen molar-refractivity contribution in [3.63, 3.8) is 0 Å². The molecule has 0 amide bonds. The van der Waals surface area contributed by atoms with Gasteiger partial charge in [-0.1, -0.05) is 0 Å². The van der Waals surface area contributed by atoms with Crippen LogP contribution in [0.1, 0.15) is 0 Å². The van der Waals surface area contributed by atoms with Crippen LogP contribution in [0.2, 0.25) is 0 Å². The van der Waals surface area contributed by atoms with Crippen molar-refractivity contribution in [2.24, 2.45) is 0 Å². The lowest BCUT2D eigenvalue weighted by atomic mass is 10.1. The van der Waals surface area contributed by atoms with Crippen molar-refractivity contribution < 1.29 is 40.6 Å². The number of carbonyl (C=O) groups is 1. The summed E-state index contributed by atoms with van der Waals surface area (Å²) in [5.74, 6) is -19.1. The number of carboxylic acid groups (broad SMARTS) is 1. The van der Waals surface area contributed by atoms with E-state index < -0.39 is 42.6 Å². The molecule has 0 rings (SSSR count). The molecule has 0 aromatic heterocycles. The van der Waals surface area contributed by atoms with Gasteiger partial charge >= 0.3 is 23.7 Å². The Morgan fingerprint density at radius 1 is 1.12 bits per heavy atom. The minimum Gasteiger partial charge on any atom is -0.478 e. The number of alkyl halides is 7. The Morgan fingerprint density at radius 3 is 1.88 bits per heavy atom. The molecule has 0 aliphatic carbocycles. The summed E-state index contributed by atoms with van der Waals surface area (Å²) in [6.07, 6.45) is -1.35. The predicted octanol–water partition coefficient (Wildman–Crippen LogP) is 2.50. The summed E-state index contributed by atoms with van der Waals surface area (Å²) in [6.45, 7) is -2.99. The minimum absolute atomic E-state index is 0.428. The lowest BCUT2D eigenvalue weighted by Crippen LogP contribution is -2.54. The minimum atomic E-state index is -6.01. The van der Waals surface area contributed by atoms with Crippen molar-refractivity contribution in [3.8, 4) is 0 Å². The molecule has 0 aliphatic rings. The van der Waals surface area contributed by atoms with Gasteiger partial charge in [0.25, 0.3) is 0 Å². The van der Waals surface area contributed by atoms with E-state index in [1.165, 1.54) is 0 Å². The van der Waals surface area contributed by atoms with E-state index in [2.05, 4.69) is 0 Å². The fourth-order valence-corrected chi connectivity index (χ4v) is 0.608. The molecule has 0 heterocycles. The first-order valence-electron chi connectivity index (χ1n) is 3.59. The van der Waals surface area contributed by atoms with Crippen LogP contribution in [0.4, 0.5) is 30.7 Å². The lowest BCUT2D eigenvalue weighted by molar-refractivity contribution is -0.295. The van der Waals surface area contributed by atoms with E-state index in [4.69, 9.17) is 5.11 Å². The molecule has 9 heteroatoms. The molecule has 0 aromatic carbocycles. The summed E-state index contributed by atoms with van der Waals surface area (Å²) < 4.78 is 85.7. The molecular formula is C7H5F7O2. The fraction of sp³-hybridized carbons (Fsp3) is 0.571. The molecule has 0 aromatic rings. The van der Waals surface area contributed by atoms with Crippen molar-refractivity contribution in [1.29, 1.82) is 0 Å². The van der Waals surface area contributed by atoms with Crippen LogP contribution in [0.3, 0.4) is 0 Å². The third-order valence-electron chi connectivity index (χ3n) is 1.48. The highest BCUT2D eigenvalue weighted by molar-refractivity contribution is 5.79. The first-order chi connectivity index (χ1) is 6.98. The van der Waals surface area contributed by atoms with Crippen LogP contribution in [0.25, 0.3) is 0 Å². The third kappa shape index (κ3) is 2.64. The zero-order valence-electron chi connectivity index (χ0n) is 7.36. The first-order valence-corrected chi connectivity index (χ1v) is 3.59. The van der Waals surface area contributed by atoms with Gasteiger partial charge in [0, 0.05) is 6.08 Å². The Morgan fingerprint density at radius 2 is 1.56 bits per heavy atom. The molecule has 0 aliphatic heterocycles. The van der Waals surface area contributed by atoms with Gasteiger partial charge in [-0.3, -0.25) is 0 Å². The van der Waals surface area contributed by atoms with E-state index in [9.17, 15) is 35.5 Å². The van der Waals surface area contributed by atoms with Crippen LogP contribution in [0, 0.1) is 0 Å². The van der Waals surface area contributed by atoms with Gasteiger partial charge in [-0.2, -0.15) is 26.3 Å². The second kappa shape index (κ2) is 4.30. The average Bonchev–Trinajstić information content (AvgIpc) is 2.14. The Kier molecular flexibility index (Phi) is 3.96. The van der Waals surface area contributed by atoms with E-state index in [1.54, 1.807) is 0 Å². The maximum atomic E-state index is 12.5. The second-order valence-electron chi connectivity index (χ2n) is 2.71. The Labute approximate surface area is 84.4 Å². The van der Waals surface area contributed by atoms with Gasteiger partial charge in [-0.15, -0.1) is 0 Å². The van der Waals surface area contributed by atoms with Crippen LogP contribution in [0.5, 0.6) is 0 Å². The molecule has 0 spiro atoms. The summed E-state index contributed by atoms with van der Waals surface area (Å²) in [7, 11) is 0. The molecule has 0 saturated carbocycles. The zero-order chi connectivity index (χ0) is 13.2. The number of hydrogen-bond donors (Lipinski definition) is 1. The monoisotopic (exact) mass is 254 g/mol. The van der Waals surface area contributed by atoms with Crippen molar-refractivity contribution in [1.82, 2.24) is 0 Å². The van der Waals surface area contributed by atoms with Gasteiger partial charge in [-0.25, -0.2) is 9.18 Å². The number of allylic oxidation sites excluding steroid dienone is 1. The van der Waals surface area contributed by atoms with Gasteiger partial charge in [0.15, 0.2) is 6.67 Å². The number of hydrogen-bond acceptors (Lipinski definition) is 1. The lowest BCUT2D eigenvalue weighted by Gasteiger charge is -2.29. The van der Waals surface area contributed by atoms with Gasteiger partial charge in [0.2, 0.25) is 0 Å². The zero-order valence-corrected chi connectivity index (χ0v) is 7.36. The maximum absolute atomic E-state index is 12.5. The summed E-state index contributed by atoms with van der Waals surface area (Å²) in [6, 6.07) is 0. The van der Waals surface area contributed by atoms with Crippen LogP contribution in [-0.4, -0.2) is 35.5 Å². The van der Waals surface area contributed by atoms with Crippen molar-refractivity contribution in [2.45, 2.75) is 17.8 Å². The predicted molar refractivity (Wildman–Crippen MR) is 37.6 cm³/mol. The molecule has 1 N–H and O–H groups in total. The van der Waals surface area contributed by atoms with Gasteiger partial charge in [0.1, 0.15) is 0 Å². The molecule has 0 radical (unpaired) electrons. The van der Waals surface area contributed by atoms with E-state index in [0.29, 0.717) is 0 Å². The van der Waals surface area contributed by atoms with E-state index >= 15 is 0 Å². The first kappa shape index (κ1) is 14.7. The van der Waals surface area contributed by atoms with Gasteiger partial charge in [0.05, 0.1) is 0 Å². The normalized spacial score (nSPS) is 14.4. The average molecular weight is 254 g/mol. The van der Waals surface area contributed by atoms with Crippen molar-refractivity contribution in [3.05, 3.63) is 12.2 Å². The highest BCUT2D eigenvalue weighted by atomic mass is 19.3. The van der Waals surface area contributed by atoms with Crippen LogP contribution >= 0.6 is 0 Å². The number of carboxylic acids is 1. The summed E-state index contributed by atoms with van der Waals surface area (Å²) in [4.78, 5) is 9.77. The maximum Gasteiger partial charge on any atom is 0.378 e. The van der Waals surface area contributed by atoms with E-state index in [0.717, 1.165) is 0 Å². The topological polar surface area (TPSA) is 37.3 Å². The highest BCUT2D eigenvalue weighted by Gasteiger charge is 2.70. The number of aliphatic carboxylic acids is 1. The number of halogens is 7. The Bertz CT molecular complexity index is 297. The SMILES string of the molecule is O=C(O)C=CC(F)(F)C(F)(F)C(F)(F)CF. The van der Waals surface area contributed by atoms with Crippen LogP contribution < -0.4 is 0 Å². The quantitative estimate of drug-likeness (QED) is 0.604. The summed E-state index contributed by atoms with van der Waals surface area (Å²) >= 11 is 0. The van der Waals surface area contributed by atoms with E-state index in [1.807, 2.05) is 0 Å². The highest BCUT2D eigenvalue weighted by Crippen LogP contribution is 2.46. The second-order valence-corrected chi connectivity index (χ2v) is 2.71. The van der Waals surface area contributed by atoms with Crippen molar-refractivity contribution in [2.75, 3.05) is 6.67 Å². The van der Waals surface area contributed by atoms with Crippen LogP contribution in [0.15, 0.2) is 12.2 Å². The smallest absolute Gasteiger partial charge is 0.378 e. The molecule has 0 saturated heterocycles. The summed E-state index contributed by atoms with van der Waals surface area (Å²) in [5, 5.41) is 7.88. The number of rotatable bonds is 5. The fourth-order valence-electron chi connectivity index (χ4n) is 0.608. The van der Waals surface area contributed by atoms with Crippen molar-refractivity contribution >= 4 is 5.97 Å². The molecule has 0 unspecified atom stereocenters. The molecule has 0 bridgehead atoms. The Balaban J connectivity index is 5.21. The molecule has 0 atom stereocenters. The van der Waals surface area contributed by atoms with Gasteiger partial charge < -0.3 is 5.11 Å². The Hall–Kier alpha value is -1.28. The van der Waals surface area contributed by atoms with Gasteiger partial charge in [-0.05, 0) is 6.08 Å².